The van der Waals surface area contributed by atoms with E-state index < -0.39 is 65.0 Å². The van der Waals surface area contributed by atoms with Crippen molar-refractivity contribution in [3.05, 3.63) is 34.9 Å². The van der Waals surface area contributed by atoms with E-state index in [1.807, 2.05) is 0 Å². The molecule has 1 aliphatic carbocycles. The number of rotatable bonds is 5. The van der Waals surface area contributed by atoms with Crippen LogP contribution in [0.3, 0.4) is 0 Å². The fourth-order valence-corrected chi connectivity index (χ4v) is 6.38. The smallest absolute Gasteiger partial charge is 0.379 e. The minimum Gasteiger partial charge on any atom is -0.379 e. The quantitative estimate of drug-likeness (QED) is 0.477. The van der Waals surface area contributed by atoms with E-state index in [-0.39, 0.29) is 63.1 Å². The summed E-state index contributed by atoms with van der Waals surface area (Å²) in [5.41, 5.74) is -2.00. The zero-order valence-corrected chi connectivity index (χ0v) is 22.4. The Kier molecular flexibility index (Phi) is 8.30. The van der Waals surface area contributed by atoms with Gasteiger partial charge in [0, 0.05) is 31.9 Å². The molecule has 3 aliphatic rings. The number of hydrogen-bond donors (Lipinski definition) is 0. The second kappa shape index (κ2) is 11.0. The Labute approximate surface area is 227 Å². The first kappa shape index (κ1) is 30.3. The van der Waals surface area contributed by atoms with Crippen molar-refractivity contribution in [2.24, 2.45) is 11.3 Å². The number of hydrogen-bond acceptors (Lipinski definition) is 5. The number of carbonyl (C=O) groups is 3. The molecule has 4 atom stereocenters. The lowest BCUT2D eigenvalue weighted by atomic mass is 9.73. The molecule has 222 valence electrons. The van der Waals surface area contributed by atoms with Gasteiger partial charge in [-0.05, 0) is 49.3 Å². The Bertz CT molecular complexity index is 1150. The predicted octanol–water partition coefficient (Wildman–Crippen LogP) is 4.62. The van der Waals surface area contributed by atoms with Crippen molar-refractivity contribution in [1.82, 2.24) is 9.80 Å². The van der Waals surface area contributed by atoms with Gasteiger partial charge < -0.3 is 19.3 Å². The molecule has 13 heteroatoms. The molecule has 7 nitrogen and oxygen atoms in total. The van der Waals surface area contributed by atoms with Gasteiger partial charge in [-0.25, -0.2) is 0 Å². The molecule has 4 rings (SSSR count). The van der Waals surface area contributed by atoms with Gasteiger partial charge in [0.1, 0.15) is 6.10 Å². The van der Waals surface area contributed by atoms with Gasteiger partial charge in [0.2, 0.25) is 5.91 Å². The van der Waals surface area contributed by atoms with Gasteiger partial charge in [-0.1, -0.05) is 19.9 Å². The van der Waals surface area contributed by atoms with Gasteiger partial charge in [-0.2, -0.15) is 26.3 Å². The maximum absolute atomic E-state index is 14.0. The van der Waals surface area contributed by atoms with Crippen LogP contribution in [-0.4, -0.2) is 78.6 Å². The van der Waals surface area contributed by atoms with E-state index in [9.17, 15) is 40.7 Å². The Morgan fingerprint density at radius 3 is 2.42 bits per heavy atom. The van der Waals surface area contributed by atoms with E-state index in [0.29, 0.717) is 0 Å². The molecule has 2 heterocycles. The van der Waals surface area contributed by atoms with E-state index >= 15 is 0 Å². The number of benzene rings is 1. The van der Waals surface area contributed by atoms with Crippen molar-refractivity contribution < 1.29 is 50.2 Å². The van der Waals surface area contributed by atoms with Crippen LogP contribution in [0, 0.1) is 11.3 Å². The van der Waals surface area contributed by atoms with Crippen LogP contribution >= 0.6 is 0 Å². The first-order valence-electron chi connectivity index (χ1n) is 13.1. The van der Waals surface area contributed by atoms with Crippen LogP contribution in [0.1, 0.15) is 61.0 Å². The number of ether oxygens (including phenoxy) is 2. The molecule has 1 saturated heterocycles. The molecule has 0 spiro atoms. The first-order chi connectivity index (χ1) is 18.6. The van der Waals surface area contributed by atoms with E-state index in [0.717, 1.165) is 23.1 Å². The maximum Gasteiger partial charge on any atom is 0.471 e. The fourth-order valence-electron chi connectivity index (χ4n) is 6.38. The number of alkyl halides is 6. The molecule has 2 amide bonds. The Hall–Kier alpha value is -2.67. The summed E-state index contributed by atoms with van der Waals surface area (Å²) in [4.78, 5) is 41.6. The van der Waals surface area contributed by atoms with Crippen LogP contribution in [0.5, 0.6) is 0 Å². The Balaban J connectivity index is 1.64. The van der Waals surface area contributed by atoms with Crippen molar-refractivity contribution in [3.63, 3.8) is 0 Å². The molecule has 0 radical (unpaired) electrons. The number of halogens is 6. The molecular weight excluding hydrogens is 546 g/mol. The zero-order chi connectivity index (χ0) is 29.6. The molecule has 1 unspecified atom stereocenters. The molecule has 2 fully saturated rings. The first-order valence-corrected chi connectivity index (χ1v) is 13.1. The monoisotopic (exact) mass is 578 g/mol. The van der Waals surface area contributed by atoms with Crippen LogP contribution in [0.4, 0.5) is 26.3 Å². The summed E-state index contributed by atoms with van der Waals surface area (Å²) in [7, 11) is 1.33. The topological polar surface area (TPSA) is 76.2 Å². The van der Waals surface area contributed by atoms with Crippen molar-refractivity contribution >= 4 is 17.6 Å². The van der Waals surface area contributed by atoms with Crippen molar-refractivity contribution in [1.29, 1.82) is 0 Å². The molecule has 1 saturated carbocycles. The van der Waals surface area contributed by atoms with Gasteiger partial charge in [0.05, 0.1) is 30.2 Å². The highest BCUT2D eigenvalue weighted by molar-refractivity contribution is 6.02. The summed E-state index contributed by atoms with van der Waals surface area (Å²) in [5, 5.41) is 0. The summed E-state index contributed by atoms with van der Waals surface area (Å²) in [6.45, 7) is 3.04. The average molecular weight is 579 g/mol. The summed E-state index contributed by atoms with van der Waals surface area (Å²) >= 11 is 0. The third-order valence-corrected chi connectivity index (χ3v) is 8.57. The van der Waals surface area contributed by atoms with E-state index in [4.69, 9.17) is 9.47 Å². The van der Waals surface area contributed by atoms with Crippen LogP contribution in [0.15, 0.2) is 18.2 Å². The standard InChI is InChI=1S/C27H32F6N2O5/c1-15(2)25(23(37)34-12-16-10-17(26(28,29)30)4-5-19(16)21(36)13-34)8-6-18(11-25)35(24(38)27(31,32)33)20-7-9-40-14-22(20)39-3/h4-5,10,15,18,20,22H,6-9,11-14H2,1-3H3/t18?,20-,22+,25-/m0/s1. The molecular formula is C27H32F6N2O5. The summed E-state index contributed by atoms with van der Waals surface area (Å²) in [6.07, 6.45) is -10.3. The lowest BCUT2D eigenvalue weighted by molar-refractivity contribution is -0.197. The number of carbonyl (C=O) groups excluding carboxylic acids is 3. The highest BCUT2D eigenvalue weighted by Gasteiger charge is 2.56. The molecule has 40 heavy (non-hydrogen) atoms. The Morgan fingerprint density at radius 1 is 1.12 bits per heavy atom. The Morgan fingerprint density at radius 2 is 1.82 bits per heavy atom. The maximum atomic E-state index is 14.0. The van der Waals surface area contributed by atoms with Gasteiger partial charge in [-0.15, -0.1) is 0 Å². The van der Waals surface area contributed by atoms with Crippen molar-refractivity contribution in [2.75, 3.05) is 26.9 Å². The summed E-state index contributed by atoms with van der Waals surface area (Å²) in [6, 6.07) is 0.922. The van der Waals surface area contributed by atoms with Crippen LogP contribution < -0.4 is 0 Å². The van der Waals surface area contributed by atoms with Gasteiger partial charge in [-0.3, -0.25) is 14.4 Å². The second-order valence-electron chi connectivity index (χ2n) is 11.1. The minimum atomic E-state index is -5.15. The van der Waals surface area contributed by atoms with Gasteiger partial charge in [0.15, 0.2) is 5.78 Å². The molecule has 1 aromatic rings. The van der Waals surface area contributed by atoms with Gasteiger partial charge >= 0.3 is 18.3 Å². The van der Waals surface area contributed by atoms with Crippen molar-refractivity contribution in [2.45, 2.75) is 76.6 Å². The average Bonchev–Trinajstić information content (AvgIpc) is 3.33. The lowest BCUT2D eigenvalue weighted by Gasteiger charge is -2.44. The van der Waals surface area contributed by atoms with E-state index in [2.05, 4.69) is 0 Å². The van der Waals surface area contributed by atoms with E-state index in [1.165, 1.54) is 12.0 Å². The number of amides is 2. The fraction of sp³-hybridized carbons (Fsp3) is 0.667. The number of methoxy groups -OCH3 is 1. The van der Waals surface area contributed by atoms with Crippen LogP contribution in [0.2, 0.25) is 0 Å². The largest absolute Gasteiger partial charge is 0.471 e. The van der Waals surface area contributed by atoms with Crippen LogP contribution in [-0.2, 0) is 31.8 Å². The van der Waals surface area contributed by atoms with Crippen molar-refractivity contribution in [3.8, 4) is 0 Å². The lowest BCUT2D eigenvalue weighted by Crippen LogP contribution is -2.59. The number of nitrogens with zero attached hydrogens (tertiary/aromatic N) is 2. The third kappa shape index (κ3) is 5.59. The summed E-state index contributed by atoms with van der Waals surface area (Å²) < 4.78 is 91.9. The molecule has 2 aliphatic heterocycles. The second-order valence-corrected chi connectivity index (χ2v) is 11.1. The van der Waals surface area contributed by atoms with E-state index in [1.54, 1.807) is 13.8 Å². The third-order valence-electron chi connectivity index (χ3n) is 8.57. The summed E-state index contributed by atoms with van der Waals surface area (Å²) in [5.74, 6) is -3.44. The number of ketones is 1. The van der Waals surface area contributed by atoms with Crippen LogP contribution in [0.25, 0.3) is 0 Å². The number of fused-ring (bicyclic) bond motifs is 1. The predicted molar refractivity (Wildman–Crippen MR) is 129 cm³/mol. The number of Topliss-reactive ketones (excluding diaryl/α,β-unsaturated/α-hetero) is 1. The molecule has 1 aromatic carbocycles. The molecule has 0 N–H and O–H groups in total. The molecule has 0 aromatic heterocycles. The highest BCUT2D eigenvalue weighted by Crippen LogP contribution is 2.49. The zero-order valence-electron chi connectivity index (χ0n) is 22.4. The highest BCUT2D eigenvalue weighted by atomic mass is 19.4. The normalized spacial score (nSPS) is 27.6. The SMILES string of the molecule is CO[C@@H]1COCC[C@@H]1N(C(=O)C(F)(F)F)C1CC[C@@](C(=O)N2CC(=O)c3ccc(C(F)(F)F)cc3C2)(C(C)C)C1. The minimum absolute atomic E-state index is 0.0129. The molecule has 0 bridgehead atoms. The van der Waals surface area contributed by atoms with Gasteiger partial charge in [0.25, 0.3) is 0 Å².